The molecule has 23 heavy (non-hydrogen) atoms. The minimum atomic E-state index is -1.09. The van der Waals surface area contributed by atoms with Crippen LogP contribution in [0.4, 0.5) is 0 Å². The van der Waals surface area contributed by atoms with Gasteiger partial charge in [-0.25, -0.2) is 0 Å². The summed E-state index contributed by atoms with van der Waals surface area (Å²) in [7, 11) is 0. The minimum absolute atomic E-state index is 0.0961. The Balaban J connectivity index is 2.14. The van der Waals surface area contributed by atoms with Crippen molar-refractivity contribution in [3.8, 4) is 11.3 Å². The van der Waals surface area contributed by atoms with Crippen LogP contribution in [-0.2, 0) is 22.4 Å². The number of carboxylic acid groups (broad SMARTS) is 2. The van der Waals surface area contributed by atoms with Crippen molar-refractivity contribution in [1.29, 1.82) is 0 Å². The van der Waals surface area contributed by atoms with E-state index in [9.17, 15) is 9.59 Å². The average molecular weight is 318 g/mol. The van der Waals surface area contributed by atoms with Crippen LogP contribution in [-0.4, -0.2) is 34.2 Å². The van der Waals surface area contributed by atoms with Gasteiger partial charge in [-0.1, -0.05) is 18.2 Å². The van der Waals surface area contributed by atoms with Crippen molar-refractivity contribution >= 4 is 11.9 Å². The highest BCUT2D eigenvalue weighted by Crippen LogP contribution is 2.24. The monoisotopic (exact) mass is 318 g/mol. The molecule has 1 aromatic carbocycles. The number of nitrogens with two attached hydrogens (primary N) is 2. The Morgan fingerprint density at radius 3 is 2.30 bits per heavy atom. The van der Waals surface area contributed by atoms with Gasteiger partial charge in [-0.3, -0.25) is 9.59 Å². The van der Waals surface area contributed by atoms with E-state index in [1.807, 2.05) is 6.07 Å². The molecule has 0 aliphatic rings. The fourth-order valence-electron chi connectivity index (χ4n) is 2.14. The van der Waals surface area contributed by atoms with E-state index < -0.39 is 24.0 Å². The molecule has 0 fully saturated rings. The van der Waals surface area contributed by atoms with Crippen LogP contribution in [0.5, 0.6) is 0 Å². The molecule has 7 nitrogen and oxygen atoms in total. The topological polar surface area (TPSA) is 140 Å². The molecule has 0 bridgehead atoms. The second-order valence-corrected chi connectivity index (χ2v) is 5.26. The summed E-state index contributed by atoms with van der Waals surface area (Å²) in [5.41, 5.74) is 12.5. The summed E-state index contributed by atoms with van der Waals surface area (Å²) in [4.78, 5) is 21.6. The molecule has 0 radical (unpaired) electrons. The Morgan fingerprint density at radius 2 is 1.65 bits per heavy atom. The zero-order valence-electron chi connectivity index (χ0n) is 12.3. The van der Waals surface area contributed by atoms with Crippen molar-refractivity contribution < 1.29 is 24.2 Å². The van der Waals surface area contributed by atoms with E-state index in [-0.39, 0.29) is 12.8 Å². The van der Waals surface area contributed by atoms with Crippen LogP contribution in [0.25, 0.3) is 11.3 Å². The van der Waals surface area contributed by atoms with Crippen molar-refractivity contribution in [2.24, 2.45) is 11.5 Å². The summed E-state index contributed by atoms with van der Waals surface area (Å²) in [5, 5.41) is 17.7. The zero-order chi connectivity index (χ0) is 17.0. The van der Waals surface area contributed by atoms with Crippen LogP contribution in [0.3, 0.4) is 0 Å². The number of aliphatic carboxylic acids is 2. The van der Waals surface area contributed by atoms with E-state index >= 15 is 0 Å². The van der Waals surface area contributed by atoms with Gasteiger partial charge in [0.05, 0.1) is 0 Å². The van der Waals surface area contributed by atoms with Crippen LogP contribution in [0.1, 0.15) is 11.3 Å². The van der Waals surface area contributed by atoms with Crippen molar-refractivity contribution in [2.45, 2.75) is 24.9 Å². The van der Waals surface area contributed by atoms with Crippen LogP contribution in [0.15, 0.2) is 40.8 Å². The fraction of sp³-hybridized carbons (Fsp3) is 0.250. The number of hydrogen-bond acceptors (Lipinski definition) is 5. The first-order chi connectivity index (χ1) is 10.9. The van der Waals surface area contributed by atoms with E-state index in [2.05, 4.69) is 0 Å². The third kappa shape index (κ3) is 4.41. The van der Waals surface area contributed by atoms with Crippen LogP contribution in [0, 0.1) is 0 Å². The Morgan fingerprint density at radius 1 is 1.00 bits per heavy atom. The lowest BCUT2D eigenvalue weighted by Gasteiger charge is -2.07. The third-order valence-corrected chi connectivity index (χ3v) is 3.38. The molecule has 2 unspecified atom stereocenters. The Labute approximate surface area is 132 Å². The molecule has 0 saturated heterocycles. The number of hydrogen-bond donors (Lipinski definition) is 4. The Hall–Kier alpha value is -2.64. The fourth-order valence-corrected chi connectivity index (χ4v) is 2.14. The Kier molecular flexibility index (Phi) is 5.15. The summed E-state index contributed by atoms with van der Waals surface area (Å²) in [6, 6.07) is 8.59. The largest absolute Gasteiger partial charge is 0.480 e. The van der Waals surface area contributed by atoms with Gasteiger partial charge < -0.3 is 26.1 Å². The second-order valence-electron chi connectivity index (χ2n) is 5.26. The Bertz CT molecular complexity index is 710. The standard InChI is InChI=1S/C16H18N2O5/c17-12(15(19)20)7-9-2-1-3-10(6-9)14-5-4-11(23-14)8-13(18)16(21)22/h1-6,12-13H,7-8,17-18H2,(H,19,20)(H,21,22). The van der Waals surface area contributed by atoms with E-state index in [1.54, 1.807) is 30.3 Å². The first-order valence-corrected chi connectivity index (χ1v) is 7.01. The molecule has 7 heteroatoms. The first-order valence-electron chi connectivity index (χ1n) is 7.01. The van der Waals surface area contributed by atoms with Crippen LogP contribution >= 0.6 is 0 Å². The van der Waals surface area contributed by atoms with Gasteiger partial charge in [0.2, 0.25) is 0 Å². The maximum Gasteiger partial charge on any atom is 0.320 e. The predicted molar refractivity (Wildman–Crippen MR) is 82.8 cm³/mol. The van der Waals surface area contributed by atoms with Crippen molar-refractivity contribution in [1.82, 2.24) is 0 Å². The maximum atomic E-state index is 10.8. The molecule has 1 heterocycles. The third-order valence-electron chi connectivity index (χ3n) is 3.38. The summed E-state index contributed by atoms with van der Waals surface area (Å²) < 4.78 is 5.61. The number of benzene rings is 1. The van der Waals surface area contributed by atoms with Gasteiger partial charge in [0.15, 0.2) is 0 Å². The van der Waals surface area contributed by atoms with Crippen molar-refractivity contribution in [3.63, 3.8) is 0 Å². The SMILES string of the molecule is NC(Cc1cccc(-c2ccc(CC(N)C(=O)O)o2)c1)C(=O)O. The van der Waals surface area contributed by atoms with Gasteiger partial charge in [-0.05, 0) is 30.2 Å². The molecular weight excluding hydrogens is 300 g/mol. The molecule has 2 aromatic rings. The molecule has 0 amide bonds. The highest BCUT2D eigenvalue weighted by molar-refractivity contribution is 5.74. The highest BCUT2D eigenvalue weighted by atomic mass is 16.4. The van der Waals surface area contributed by atoms with Crippen LogP contribution < -0.4 is 11.5 Å². The summed E-state index contributed by atoms with van der Waals surface area (Å²) in [6.07, 6.45) is 0.305. The summed E-state index contributed by atoms with van der Waals surface area (Å²) in [5.74, 6) is -1.11. The molecule has 0 aliphatic carbocycles. The van der Waals surface area contributed by atoms with Gasteiger partial charge in [-0.2, -0.15) is 0 Å². The van der Waals surface area contributed by atoms with Crippen molar-refractivity contribution in [3.05, 3.63) is 47.7 Å². The molecule has 2 rings (SSSR count). The molecule has 122 valence electrons. The lowest BCUT2D eigenvalue weighted by Crippen LogP contribution is -2.32. The second kappa shape index (κ2) is 7.08. The van der Waals surface area contributed by atoms with Gasteiger partial charge in [-0.15, -0.1) is 0 Å². The van der Waals surface area contributed by atoms with E-state index in [0.717, 1.165) is 11.1 Å². The lowest BCUT2D eigenvalue weighted by molar-refractivity contribution is -0.139. The molecule has 0 spiro atoms. The van der Waals surface area contributed by atoms with Gasteiger partial charge in [0.1, 0.15) is 23.6 Å². The van der Waals surface area contributed by atoms with E-state index in [4.69, 9.17) is 26.1 Å². The number of carboxylic acids is 2. The predicted octanol–water partition coefficient (Wildman–Crippen LogP) is 0.855. The number of rotatable bonds is 7. The minimum Gasteiger partial charge on any atom is -0.480 e. The molecule has 6 N–H and O–H groups in total. The summed E-state index contributed by atoms with van der Waals surface area (Å²) in [6.45, 7) is 0. The van der Waals surface area contributed by atoms with Gasteiger partial charge >= 0.3 is 11.9 Å². The molecule has 0 saturated carbocycles. The summed E-state index contributed by atoms with van der Waals surface area (Å²) >= 11 is 0. The maximum absolute atomic E-state index is 10.8. The molecular formula is C16H18N2O5. The lowest BCUT2D eigenvalue weighted by atomic mass is 10.0. The van der Waals surface area contributed by atoms with E-state index in [1.165, 1.54) is 0 Å². The quantitative estimate of drug-likeness (QED) is 0.593. The highest BCUT2D eigenvalue weighted by Gasteiger charge is 2.16. The van der Waals surface area contributed by atoms with Crippen LogP contribution in [0.2, 0.25) is 0 Å². The number of furan rings is 1. The average Bonchev–Trinajstić information content (AvgIpc) is 2.95. The van der Waals surface area contributed by atoms with E-state index in [0.29, 0.717) is 11.5 Å². The van der Waals surface area contributed by atoms with Crippen molar-refractivity contribution in [2.75, 3.05) is 0 Å². The normalized spacial score (nSPS) is 13.5. The van der Waals surface area contributed by atoms with Gasteiger partial charge in [0, 0.05) is 12.0 Å². The zero-order valence-corrected chi connectivity index (χ0v) is 12.3. The number of carbonyl (C=O) groups is 2. The first kappa shape index (κ1) is 16.7. The van der Waals surface area contributed by atoms with Gasteiger partial charge in [0.25, 0.3) is 0 Å². The smallest absolute Gasteiger partial charge is 0.320 e. The molecule has 1 aromatic heterocycles. The molecule has 2 atom stereocenters. The molecule has 0 aliphatic heterocycles.